The van der Waals surface area contributed by atoms with Gasteiger partial charge >= 0.3 is 0 Å². The van der Waals surface area contributed by atoms with Crippen molar-refractivity contribution >= 4 is 11.6 Å². The lowest BCUT2D eigenvalue weighted by Gasteiger charge is -2.36. The molecule has 3 nitrogen and oxygen atoms in total. The summed E-state index contributed by atoms with van der Waals surface area (Å²) in [6, 6.07) is 6.15. The zero-order valence-corrected chi connectivity index (χ0v) is 12.4. The molecule has 0 spiro atoms. The Labute approximate surface area is 120 Å². The summed E-state index contributed by atoms with van der Waals surface area (Å²) in [5.41, 5.74) is 0.426. The molecule has 0 radical (unpaired) electrons. The van der Waals surface area contributed by atoms with E-state index in [1.165, 1.54) is 12.1 Å². The first-order chi connectivity index (χ1) is 9.51. The minimum absolute atomic E-state index is 0.145. The quantitative estimate of drug-likeness (QED) is 0.918. The molecule has 0 aromatic heterocycles. The molecule has 1 aliphatic rings. The lowest BCUT2D eigenvalue weighted by molar-refractivity contribution is -0.129. The van der Waals surface area contributed by atoms with E-state index in [1.54, 1.807) is 17.0 Å². The van der Waals surface area contributed by atoms with Gasteiger partial charge in [0.1, 0.15) is 5.82 Å². The SMILES string of the molecule is CCN(C(=O)C1(C(C)C)CCNC1)c1ccc(F)cc1. The summed E-state index contributed by atoms with van der Waals surface area (Å²) >= 11 is 0. The minimum atomic E-state index is -0.343. The maximum atomic E-state index is 13.0. The van der Waals surface area contributed by atoms with Crippen LogP contribution >= 0.6 is 0 Å². The van der Waals surface area contributed by atoms with Crippen molar-refractivity contribution in [3.63, 3.8) is 0 Å². The van der Waals surface area contributed by atoms with Gasteiger partial charge in [-0.3, -0.25) is 4.79 Å². The second-order valence-corrected chi connectivity index (χ2v) is 5.76. The van der Waals surface area contributed by atoms with Crippen LogP contribution in [0.4, 0.5) is 10.1 Å². The zero-order chi connectivity index (χ0) is 14.8. The first-order valence-corrected chi connectivity index (χ1v) is 7.29. The number of benzene rings is 1. The van der Waals surface area contributed by atoms with Gasteiger partial charge in [-0.15, -0.1) is 0 Å². The number of halogens is 1. The fourth-order valence-corrected chi connectivity index (χ4v) is 2.97. The molecule has 110 valence electrons. The molecular weight excluding hydrogens is 255 g/mol. The van der Waals surface area contributed by atoms with Gasteiger partial charge < -0.3 is 10.2 Å². The van der Waals surface area contributed by atoms with Crippen molar-refractivity contribution in [2.24, 2.45) is 11.3 Å². The summed E-state index contributed by atoms with van der Waals surface area (Å²) in [6.45, 7) is 8.36. The normalized spacial score (nSPS) is 22.2. The molecular formula is C16H23FN2O. The Balaban J connectivity index is 2.31. The molecule has 1 unspecified atom stereocenters. The molecule has 2 rings (SSSR count). The summed E-state index contributed by atoms with van der Waals surface area (Å²) in [5.74, 6) is 0.143. The van der Waals surface area contributed by atoms with E-state index < -0.39 is 0 Å². The van der Waals surface area contributed by atoms with Crippen LogP contribution in [-0.4, -0.2) is 25.5 Å². The average Bonchev–Trinajstić information content (AvgIpc) is 2.92. The molecule has 1 aliphatic heterocycles. The minimum Gasteiger partial charge on any atom is -0.316 e. The predicted octanol–water partition coefficient (Wildman–Crippen LogP) is 2.81. The summed E-state index contributed by atoms with van der Waals surface area (Å²) < 4.78 is 13.0. The maximum Gasteiger partial charge on any atom is 0.234 e. The molecule has 1 aromatic carbocycles. The summed E-state index contributed by atoms with van der Waals surface area (Å²) in [5, 5.41) is 3.31. The number of nitrogens with zero attached hydrogens (tertiary/aromatic N) is 1. The van der Waals surface area contributed by atoms with Gasteiger partial charge in [-0.05, 0) is 50.1 Å². The van der Waals surface area contributed by atoms with Crippen molar-refractivity contribution in [3.8, 4) is 0 Å². The lowest BCUT2D eigenvalue weighted by Crippen LogP contribution is -2.48. The van der Waals surface area contributed by atoms with Gasteiger partial charge in [-0.1, -0.05) is 13.8 Å². The van der Waals surface area contributed by atoms with Gasteiger partial charge in [-0.25, -0.2) is 4.39 Å². The molecule has 1 saturated heterocycles. The number of rotatable bonds is 4. The molecule has 0 saturated carbocycles. The largest absolute Gasteiger partial charge is 0.316 e. The Morgan fingerprint density at radius 2 is 2.05 bits per heavy atom. The number of hydrogen-bond donors (Lipinski definition) is 1. The molecule has 0 aliphatic carbocycles. The number of amides is 1. The van der Waals surface area contributed by atoms with Crippen LogP contribution in [0.2, 0.25) is 0 Å². The number of carbonyl (C=O) groups is 1. The fraction of sp³-hybridized carbons (Fsp3) is 0.562. The van der Waals surface area contributed by atoms with Crippen molar-refractivity contribution in [2.45, 2.75) is 27.2 Å². The third-order valence-corrected chi connectivity index (χ3v) is 4.42. The Morgan fingerprint density at radius 1 is 1.40 bits per heavy atom. The van der Waals surface area contributed by atoms with E-state index in [0.29, 0.717) is 6.54 Å². The Kier molecular flexibility index (Phi) is 4.43. The van der Waals surface area contributed by atoms with Crippen molar-refractivity contribution < 1.29 is 9.18 Å². The van der Waals surface area contributed by atoms with Crippen molar-refractivity contribution in [1.82, 2.24) is 5.32 Å². The molecule has 1 aromatic rings. The van der Waals surface area contributed by atoms with Crippen LogP contribution in [-0.2, 0) is 4.79 Å². The highest BCUT2D eigenvalue weighted by Crippen LogP contribution is 2.37. The standard InChI is InChI=1S/C16H23FN2O/c1-4-19(14-7-5-13(17)6-8-14)15(20)16(12(2)3)9-10-18-11-16/h5-8,12,18H,4,9-11H2,1-3H3. The smallest absolute Gasteiger partial charge is 0.234 e. The fourth-order valence-electron chi connectivity index (χ4n) is 2.97. The van der Waals surface area contributed by atoms with E-state index in [-0.39, 0.29) is 23.1 Å². The van der Waals surface area contributed by atoms with E-state index in [9.17, 15) is 9.18 Å². The molecule has 1 atom stereocenters. The lowest BCUT2D eigenvalue weighted by atomic mass is 9.75. The molecule has 1 amide bonds. The molecule has 0 bridgehead atoms. The highest BCUT2D eigenvalue weighted by atomic mass is 19.1. The summed E-state index contributed by atoms with van der Waals surface area (Å²) in [4.78, 5) is 14.8. The maximum absolute atomic E-state index is 13.0. The predicted molar refractivity (Wildman–Crippen MR) is 79.2 cm³/mol. The molecule has 4 heteroatoms. The van der Waals surface area contributed by atoms with Gasteiger partial charge in [0.25, 0.3) is 0 Å². The highest BCUT2D eigenvalue weighted by molar-refractivity contribution is 5.98. The second-order valence-electron chi connectivity index (χ2n) is 5.76. The monoisotopic (exact) mass is 278 g/mol. The Hall–Kier alpha value is -1.42. The van der Waals surface area contributed by atoms with Crippen LogP contribution in [0.15, 0.2) is 24.3 Å². The van der Waals surface area contributed by atoms with Gasteiger partial charge in [0.2, 0.25) is 5.91 Å². The molecule has 1 fully saturated rings. The van der Waals surface area contributed by atoms with Crippen molar-refractivity contribution in [2.75, 3.05) is 24.5 Å². The Morgan fingerprint density at radius 3 is 2.50 bits per heavy atom. The van der Waals surface area contributed by atoms with Crippen LogP contribution in [0.1, 0.15) is 27.2 Å². The third kappa shape index (κ3) is 2.57. The van der Waals surface area contributed by atoms with E-state index in [2.05, 4.69) is 19.2 Å². The second kappa shape index (κ2) is 5.92. The highest BCUT2D eigenvalue weighted by Gasteiger charge is 2.46. The third-order valence-electron chi connectivity index (χ3n) is 4.42. The summed E-state index contributed by atoms with van der Waals surface area (Å²) in [7, 11) is 0. The van der Waals surface area contributed by atoms with E-state index >= 15 is 0 Å². The number of anilines is 1. The zero-order valence-electron chi connectivity index (χ0n) is 12.4. The topological polar surface area (TPSA) is 32.3 Å². The molecule has 1 N–H and O–H groups in total. The van der Waals surface area contributed by atoms with Crippen LogP contribution in [0.5, 0.6) is 0 Å². The van der Waals surface area contributed by atoms with Crippen molar-refractivity contribution in [1.29, 1.82) is 0 Å². The Bertz CT molecular complexity index is 464. The van der Waals surface area contributed by atoms with Crippen LogP contribution in [0, 0.1) is 17.2 Å². The molecule has 1 heterocycles. The molecule has 20 heavy (non-hydrogen) atoms. The van der Waals surface area contributed by atoms with Gasteiger partial charge in [-0.2, -0.15) is 0 Å². The van der Waals surface area contributed by atoms with E-state index in [0.717, 1.165) is 25.2 Å². The van der Waals surface area contributed by atoms with E-state index in [4.69, 9.17) is 0 Å². The van der Waals surface area contributed by atoms with E-state index in [1.807, 2.05) is 6.92 Å². The van der Waals surface area contributed by atoms with Gasteiger partial charge in [0, 0.05) is 18.8 Å². The van der Waals surface area contributed by atoms with Gasteiger partial charge in [0.15, 0.2) is 0 Å². The van der Waals surface area contributed by atoms with Gasteiger partial charge in [0.05, 0.1) is 5.41 Å². The van der Waals surface area contributed by atoms with Crippen LogP contribution in [0.25, 0.3) is 0 Å². The first-order valence-electron chi connectivity index (χ1n) is 7.29. The number of nitrogens with one attached hydrogen (secondary N) is 1. The number of carbonyl (C=O) groups excluding carboxylic acids is 1. The number of hydrogen-bond acceptors (Lipinski definition) is 2. The first kappa shape index (κ1) is 15.0. The average molecular weight is 278 g/mol. The van der Waals surface area contributed by atoms with Crippen molar-refractivity contribution in [3.05, 3.63) is 30.1 Å². The van der Waals surface area contributed by atoms with Crippen LogP contribution in [0.3, 0.4) is 0 Å². The van der Waals surface area contributed by atoms with Crippen LogP contribution < -0.4 is 10.2 Å². The summed E-state index contributed by atoms with van der Waals surface area (Å²) in [6.07, 6.45) is 0.862.